The number of pyridine rings is 1. The van der Waals surface area contributed by atoms with Crippen LogP contribution < -0.4 is 0 Å². The molecule has 0 saturated carbocycles. The van der Waals surface area contributed by atoms with Gasteiger partial charge in [-0.25, -0.2) is 0 Å². The highest BCUT2D eigenvalue weighted by molar-refractivity contribution is 8.00. The molecule has 0 saturated heterocycles. The van der Waals surface area contributed by atoms with E-state index in [1.54, 1.807) is 24.4 Å². The van der Waals surface area contributed by atoms with Crippen LogP contribution in [0.3, 0.4) is 0 Å². The van der Waals surface area contributed by atoms with E-state index in [1.807, 2.05) is 0 Å². The third-order valence-corrected chi connectivity index (χ3v) is 2.37. The number of halogens is 3. The van der Waals surface area contributed by atoms with E-state index in [0.717, 1.165) is 0 Å². The molecule has 0 aromatic carbocycles. The summed E-state index contributed by atoms with van der Waals surface area (Å²) in [5, 5.41) is -0.187. The van der Waals surface area contributed by atoms with Crippen LogP contribution in [-0.4, -0.2) is 10.5 Å². The van der Waals surface area contributed by atoms with Crippen molar-refractivity contribution in [1.29, 1.82) is 0 Å². The fraction of sp³-hybridized carbons (Fsp3) is 0.100. The minimum Gasteiger partial charge on any atom is -0.448 e. The molecule has 2 rings (SSSR count). The number of hydrogen-bond donors (Lipinski definition) is 0. The van der Waals surface area contributed by atoms with Crippen molar-refractivity contribution in [2.75, 3.05) is 0 Å². The minimum absolute atomic E-state index is 0.187. The third-order valence-electron chi connectivity index (χ3n) is 1.72. The molecule has 2 heterocycles. The average Bonchev–Trinajstić information content (AvgIpc) is 2.65. The quantitative estimate of drug-likeness (QED) is 0.749. The topological polar surface area (TPSA) is 26.0 Å². The maximum absolute atomic E-state index is 12.0. The molecule has 0 amide bonds. The molecule has 2 aromatic rings. The van der Waals surface area contributed by atoms with Crippen molar-refractivity contribution >= 4 is 11.8 Å². The SMILES string of the molecule is FC(F)(F)Sc1ccc(-c2ccccn2)o1. The zero-order chi connectivity index (χ0) is 11.6. The molecular formula is C10H6F3NOS. The van der Waals surface area contributed by atoms with Crippen molar-refractivity contribution in [1.82, 2.24) is 4.98 Å². The summed E-state index contributed by atoms with van der Waals surface area (Å²) in [6.45, 7) is 0. The van der Waals surface area contributed by atoms with Gasteiger partial charge in [0.15, 0.2) is 10.9 Å². The Morgan fingerprint density at radius 1 is 1.12 bits per heavy atom. The standard InChI is InChI=1S/C10H6F3NOS/c11-10(12,13)16-9-5-4-8(15-9)7-3-1-2-6-14-7/h1-6H. The first kappa shape index (κ1) is 11.1. The molecular weight excluding hydrogens is 239 g/mol. The molecule has 2 aromatic heterocycles. The van der Waals surface area contributed by atoms with Gasteiger partial charge in [-0.2, -0.15) is 13.2 Å². The zero-order valence-corrected chi connectivity index (χ0v) is 8.68. The van der Waals surface area contributed by atoms with E-state index in [1.165, 1.54) is 12.1 Å². The molecule has 0 N–H and O–H groups in total. The minimum atomic E-state index is -4.33. The van der Waals surface area contributed by atoms with Gasteiger partial charge in [-0.3, -0.25) is 4.98 Å². The molecule has 6 heteroatoms. The van der Waals surface area contributed by atoms with Gasteiger partial charge in [-0.1, -0.05) is 6.07 Å². The van der Waals surface area contributed by atoms with Gasteiger partial charge in [-0.05, 0) is 24.3 Å². The number of rotatable bonds is 2. The molecule has 16 heavy (non-hydrogen) atoms. The Morgan fingerprint density at radius 3 is 2.56 bits per heavy atom. The second kappa shape index (κ2) is 4.21. The Kier molecular flexibility index (Phi) is 2.91. The summed E-state index contributed by atoms with van der Waals surface area (Å²) >= 11 is -0.278. The van der Waals surface area contributed by atoms with Crippen LogP contribution in [0.5, 0.6) is 0 Å². The molecule has 2 nitrogen and oxygen atoms in total. The van der Waals surface area contributed by atoms with Gasteiger partial charge < -0.3 is 4.42 Å². The van der Waals surface area contributed by atoms with Gasteiger partial charge >= 0.3 is 5.51 Å². The van der Waals surface area contributed by atoms with E-state index in [2.05, 4.69) is 4.98 Å². The fourth-order valence-corrected chi connectivity index (χ4v) is 1.63. The number of hydrogen-bond acceptors (Lipinski definition) is 3. The van der Waals surface area contributed by atoms with Gasteiger partial charge in [0.05, 0.1) is 0 Å². The third kappa shape index (κ3) is 2.79. The van der Waals surface area contributed by atoms with Crippen molar-refractivity contribution < 1.29 is 17.6 Å². The first-order valence-electron chi connectivity index (χ1n) is 4.31. The highest BCUT2D eigenvalue weighted by atomic mass is 32.2. The van der Waals surface area contributed by atoms with Crippen LogP contribution in [0.1, 0.15) is 0 Å². The monoisotopic (exact) mass is 245 g/mol. The second-order valence-corrected chi connectivity index (χ2v) is 3.95. The van der Waals surface area contributed by atoms with Gasteiger partial charge in [0.1, 0.15) is 5.69 Å². The van der Waals surface area contributed by atoms with Crippen LogP contribution >= 0.6 is 11.8 Å². The van der Waals surface area contributed by atoms with Crippen molar-refractivity contribution in [3.05, 3.63) is 36.5 Å². The van der Waals surface area contributed by atoms with Crippen molar-refractivity contribution in [3.63, 3.8) is 0 Å². The van der Waals surface area contributed by atoms with Crippen LogP contribution in [0.15, 0.2) is 46.0 Å². The number of aromatic nitrogens is 1. The van der Waals surface area contributed by atoms with E-state index < -0.39 is 5.51 Å². The zero-order valence-electron chi connectivity index (χ0n) is 7.86. The Bertz CT molecular complexity index is 466. The lowest BCUT2D eigenvalue weighted by atomic mass is 10.3. The number of thioether (sulfide) groups is 1. The van der Waals surface area contributed by atoms with Gasteiger partial charge in [-0.15, -0.1) is 0 Å². The maximum Gasteiger partial charge on any atom is 0.449 e. The first-order chi connectivity index (χ1) is 7.54. The summed E-state index contributed by atoms with van der Waals surface area (Å²) < 4.78 is 41.1. The van der Waals surface area contributed by atoms with E-state index in [0.29, 0.717) is 11.5 Å². The predicted octanol–water partition coefficient (Wildman–Crippen LogP) is 3.95. The molecule has 0 unspecified atom stereocenters. The van der Waals surface area contributed by atoms with Crippen molar-refractivity contribution in [2.45, 2.75) is 10.6 Å². The summed E-state index contributed by atoms with van der Waals surface area (Å²) in [4.78, 5) is 3.97. The smallest absolute Gasteiger partial charge is 0.448 e. The highest BCUT2D eigenvalue weighted by Crippen LogP contribution is 2.38. The molecule has 0 radical (unpaired) electrons. The molecule has 0 spiro atoms. The molecule has 0 bridgehead atoms. The number of alkyl halides is 3. The van der Waals surface area contributed by atoms with Gasteiger partial charge in [0.2, 0.25) is 0 Å². The van der Waals surface area contributed by atoms with Crippen molar-refractivity contribution in [2.24, 2.45) is 0 Å². The lowest BCUT2D eigenvalue weighted by Crippen LogP contribution is -1.97. The second-order valence-electron chi connectivity index (χ2n) is 2.88. The highest BCUT2D eigenvalue weighted by Gasteiger charge is 2.31. The van der Waals surface area contributed by atoms with Crippen LogP contribution in [-0.2, 0) is 0 Å². The Morgan fingerprint density at radius 2 is 1.94 bits per heavy atom. The normalized spacial score (nSPS) is 11.7. The molecule has 0 aliphatic carbocycles. The Hall–Kier alpha value is -1.43. The summed E-state index contributed by atoms with van der Waals surface area (Å²) in [7, 11) is 0. The lowest BCUT2D eigenvalue weighted by Gasteiger charge is -2.01. The van der Waals surface area contributed by atoms with Crippen LogP contribution in [0.4, 0.5) is 13.2 Å². The van der Waals surface area contributed by atoms with E-state index in [-0.39, 0.29) is 16.9 Å². The molecule has 0 fully saturated rings. The Labute approximate surface area is 93.5 Å². The maximum atomic E-state index is 12.0. The van der Waals surface area contributed by atoms with Crippen molar-refractivity contribution in [3.8, 4) is 11.5 Å². The van der Waals surface area contributed by atoms with Crippen LogP contribution in [0, 0.1) is 0 Å². The average molecular weight is 245 g/mol. The number of furan rings is 1. The lowest BCUT2D eigenvalue weighted by molar-refractivity contribution is -0.0334. The molecule has 0 aliphatic rings. The van der Waals surface area contributed by atoms with E-state index in [4.69, 9.17) is 4.42 Å². The molecule has 0 aliphatic heterocycles. The molecule has 0 atom stereocenters. The largest absolute Gasteiger partial charge is 0.449 e. The first-order valence-corrected chi connectivity index (χ1v) is 5.13. The van der Waals surface area contributed by atoms with E-state index >= 15 is 0 Å². The number of nitrogens with zero attached hydrogens (tertiary/aromatic N) is 1. The molecule has 84 valence electrons. The summed E-state index contributed by atoms with van der Waals surface area (Å²) in [6, 6.07) is 7.87. The fourth-order valence-electron chi connectivity index (χ4n) is 1.14. The van der Waals surface area contributed by atoms with E-state index in [9.17, 15) is 13.2 Å². The van der Waals surface area contributed by atoms with Crippen LogP contribution in [0.2, 0.25) is 0 Å². The van der Waals surface area contributed by atoms with Gasteiger partial charge in [0, 0.05) is 18.0 Å². The van der Waals surface area contributed by atoms with Gasteiger partial charge in [0.25, 0.3) is 0 Å². The van der Waals surface area contributed by atoms with Crippen LogP contribution in [0.25, 0.3) is 11.5 Å². The summed E-state index contributed by atoms with van der Waals surface area (Å²) in [6.07, 6.45) is 1.55. The summed E-state index contributed by atoms with van der Waals surface area (Å²) in [5.74, 6) is 0.326. The Balaban J connectivity index is 2.21. The predicted molar refractivity (Wildman–Crippen MR) is 53.9 cm³/mol. The summed E-state index contributed by atoms with van der Waals surface area (Å²) in [5.41, 5.74) is -3.82.